The average molecular weight is 417 g/mol. The first kappa shape index (κ1) is 23.6. The molecule has 0 N–H and O–H groups in total. The fraction of sp³-hybridized carbons (Fsp3) is 0.542. The molecule has 0 amide bonds. The van der Waals surface area contributed by atoms with Crippen LogP contribution in [0.15, 0.2) is 21.3 Å². The molecule has 0 aliphatic heterocycles. The molecular weight excluding hydrogens is 384 g/mol. The maximum atomic E-state index is 12.6. The van der Waals surface area contributed by atoms with E-state index in [1.54, 1.807) is 12.1 Å². The van der Waals surface area contributed by atoms with Gasteiger partial charge in [0.15, 0.2) is 11.3 Å². The van der Waals surface area contributed by atoms with E-state index in [1.807, 2.05) is 6.92 Å². The minimum Gasteiger partial charge on any atom is -0.423 e. The molecule has 0 aliphatic carbocycles. The summed E-state index contributed by atoms with van der Waals surface area (Å²) in [4.78, 5) is 35.5. The molecule has 2 aromatic rings. The largest absolute Gasteiger partial charge is 0.423 e. The van der Waals surface area contributed by atoms with Crippen LogP contribution < -0.4 is 15.1 Å². The fourth-order valence-corrected chi connectivity index (χ4v) is 3.61. The normalized spacial score (nSPS) is 10.9. The van der Waals surface area contributed by atoms with Crippen LogP contribution in [-0.4, -0.2) is 11.9 Å². The minimum atomic E-state index is -0.598. The lowest BCUT2D eigenvalue weighted by Crippen LogP contribution is -2.12. The first-order valence-corrected chi connectivity index (χ1v) is 10.8. The van der Waals surface area contributed by atoms with Crippen LogP contribution in [0, 0.1) is 6.92 Å². The standard InChI is InChI=1S/C24H32O6/c1-5-6-7-8-9-10-11-12-13-20-16(2)19-14-15-21(28-17(3)25)23(29-18(4)26)22(19)30-24(20)27/h14-15H,5-13H2,1-4H3. The van der Waals surface area contributed by atoms with Gasteiger partial charge >= 0.3 is 17.6 Å². The molecule has 0 saturated carbocycles. The van der Waals surface area contributed by atoms with E-state index in [0.717, 1.165) is 18.4 Å². The molecule has 0 bridgehead atoms. The van der Waals surface area contributed by atoms with Crippen LogP contribution >= 0.6 is 0 Å². The van der Waals surface area contributed by atoms with Crippen LogP contribution in [0.1, 0.15) is 83.3 Å². The van der Waals surface area contributed by atoms with Crippen molar-refractivity contribution in [2.75, 3.05) is 0 Å². The minimum absolute atomic E-state index is 0.0450. The zero-order valence-corrected chi connectivity index (χ0v) is 18.5. The molecule has 1 heterocycles. The summed E-state index contributed by atoms with van der Waals surface area (Å²) in [6.45, 7) is 6.56. The number of rotatable bonds is 11. The van der Waals surface area contributed by atoms with Gasteiger partial charge in [-0.2, -0.15) is 0 Å². The lowest BCUT2D eigenvalue weighted by atomic mass is 9.99. The third kappa shape index (κ3) is 6.44. The van der Waals surface area contributed by atoms with Gasteiger partial charge in [-0.3, -0.25) is 9.59 Å². The molecule has 1 aromatic carbocycles. The van der Waals surface area contributed by atoms with Crippen molar-refractivity contribution >= 4 is 22.9 Å². The number of carbonyl (C=O) groups excluding carboxylic acids is 2. The Morgan fingerprint density at radius 3 is 2.10 bits per heavy atom. The lowest BCUT2D eigenvalue weighted by Gasteiger charge is -2.13. The average Bonchev–Trinajstić information content (AvgIpc) is 2.67. The van der Waals surface area contributed by atoms with Gasteiger partial charge in [-0.05, 0) is 37.5 Å². The van der Waals surface area contributed by atoms with Gasteiger partial charge in [0.05, 0.1) is 0 Å². The third-order valence-corrected chi connectivity index (χ3v) is 5.15. The van der Waals surface area contributed by atoms with E-state index in [0.29, 0.717) is 17.4 Å². The summed E-state index contributed by atoms with van der Waals surface area (Å²) >= 11 is 0. The Balaban J connectivity index is 2.20. The van der Waals surface area contributed by atoms with Gasteiger partial charge in [-0.1, -0.05) is 51.9 Å². The number of unbranched alkanes of at least 4 members (excludes halogenated alkanes) is 7. The maximum Gasteiger partial charge on any atom is 0.339 e. The number of carbonyl (C=O) groups is 2. The molecule has 1 aromatic heterocycles. The highest BCUT2D eigenvalue weighted by molar-refractivity contribution is 5.91. The number of aryl methyl sites for hydroxylation is 1. The second-order valence-corrected chi connectivity index (χ2v) is 7.67. The highest BCUT2D eigenvalue weighted by Gasteiger charge is 2.20. The van der Waals surface area contributed by atoms with E-state index >= 15 is 0 Å². The van der Waals surface area contributed by atoms with Crippen LogP contribution in [-0.2, 0) is 16.0 Å². The summed E-state index contributed by atoms with van der Waals surface area (Å²) in [5.41, 5.74) is 1.11. The molecule has 30 heavy (non-hydrogen) atoms. The fourth-order valence-electron chi connectivity index (χ4n) is 3.61. The van der Waals surface area contributed by atoms with Crippen molar-refractivity contribution in [3.05, 3.63) is 33.7 Å². The number of esters is 2. The van der Waals surface area contributed by atoms with Crippen molar-refractivity contribution in [3.8, 4) is 11.5 Å². The van der Waals surface area contributed by atoms with E-state index in [1.165, 1.54) is 52.4 Å². The van der Waals surface area contributed by atoms with Gasteiger partial charge < -0.3 is 13.9 Å². The zero-order valence-electron chi connectivity index (χ0n) is 18.5. The van der Waals surface area contributed by atoms with Crippen molar-refractivity contribution < 1.29 is 23.5 Å². The van der Waals surface area contributed by atoms with E-state index in [4.69, 9.17) is 13.9 Å². The quantitative estimate of drug-likeness (QED) is 0.204. The lowest BCUT2D eigenvalue weighted by molar-refractivity contribution is -0.134. The van der Waals surface area contributed by atoms with Crippen LogP contribution in [0.3, 0.4) is 0 Å². The van der Waals surface area contributed by atoms with E-state index < -0.39 is 17.6 Å². The van der Waals surface area contributed by atoms with Crippen LogP contribution in [0.5, 0.6) is 11.5 Å². The van der Waals surface area contributed by atoms with E-state index in [2.05, 4.69) is 6.92 Å². The molecule has 164 valence electrons. The van der Waals surface area contributed by atoms with Gasteiger partial charge in [-0.15, -0.1) is 0 Å². The molecule has 2 rings (SSSR count). The molecular formula is C24H32O6. The smallest absolute Gasteiger partial charge is 0.339 e. The van der Waals surface area contributed by atoms with Gasteiger partial charge in [0.25, 0.3) is 0 Å². The van der Waals surface area contributed by atoms with Crippen LogP contribution in [0.25, 0.3) is 11.0 Å². The highest BCUT2D eigenvalue weighted by atomic mass is 16.6. The predicted molar refractivity (Wildman–Crippen MR) is 116 cm³/mol. The highest BCUT2D eigenvalue weighted by Crippen LogP contribution is 2.37. The van der Waals surface area contributed by atoms with Gasteiger partial charge in [0.2, 0.25) is 5.75 Å². The van der Waals surface area contributed by atoms with Crippen molar-refractivity contribution in [3.63, 3.8) is 0 Å². The molecule has 0 atom stereocenters. The van der Waals surface area contributed by atoms with Gasteiger partial charge in [0, 0.05) is 24.8 Å². The Labute approximate surface area is 177 Å². The molecule has 0 radical (unpaired) electrons. The number of benzene rings is 1. The van der Waals surface area contributed by atoms with Crippen molar-refractivity contribution in [1.82, 2.24) is 0 Å². The first-order valence-electron chi connectivity index (χ1n) is 10.8. The van der Waals surface area contributed by atoms with Crippen LogP contribution in [0.4, 0.5) is 0 Å². The molecule has 0 aliphatic rings. The number of ether oxygens (including phenoxy) is 2. The molecule has 6 nitrogen and oxygen atoms in total. The molecule has 0 fully saturated rings. The van der Waals surface area contributed by atoms with Gasteiger partial charge in [-0.25, -0.2) is 4.79 Å². The Hall–Kier alpha value is -2.63. The SMILES string of the molecule is CCCCCCCCCCc1c(C)c2ccc(OC(C)=O)c(OC(C)=O)c2oc1=O. The number of fused-ring (bicyclic) bond motifs is 1. The Morgan fingerprint density at radius 1 is 0.900 bits per heavy atom. The zero-order chi connectivity index (χ0) is 22.1. The molecule has 0 saturated heterocycles. The van der Waals surface area contributed by atoms with Crippen molar-refractivity contribution in [2.24, 2.45) is 0 Å². The molecule has 6 heteroatoms. The summed E-state index contributed by atoms with van der Waals surface area (Å²) in [7, 11) is 0. The maximum absolute atomic E-state index is 12.6. The van der Waals surface area contributed by atoms with Crippen molar-refractivity contribution in [2.45, 2.75) is 85.5 Å². The van der Waals surface area contributed by atoms with Crippen LogP contribution in [0.2, 0.25) is 0 Å². The Kier molecular flexibility index (Phi) is 9.09. The summed E-state index contributed by atoms with van der Waals surface area (Å²) in [6, 6.07) is 3.27. The Bertz CT molecular complexity index is 941. The topological polar surface area (TPSA) is 82.8 Å². The summed E-state index contributed by atoms with van der Waals surface area (Å²) in [6.07, 6.45) is 10.2. The molecule has 0 unspecified atom stereocenters. The van der Waals surface area contributed by atoms with Crippen molar-refractivity contribution in [1.29, 1.82) is 0 Å². The second kappa shape index (κ2) is 11.5. The predicted octanol–water partition coefficient (Wildman–Crippen LogP) is 5.64. The number of hydrogen-bond donors (Lipinski definition) is 0. The van der Waals surface area contributed by atoms with E-state index in [9.17, 15) is 14.4 Å². The number of hydrogen-bond acceptors (Lipinski definition) is 6. The Morgan fingerprint density at radius 2 is 1.50 bits per heavy atom. The molecule has 0 spiro atoms. The summed E-state index contributed by atoms with van der Waals surface area (Å²) < 4.78 is 15.9. The second-order valence-electron chi connectivity index (χ2n) is 7.67. The van der Waals surface area contributed by atoms with Gasteiger partial charge in [0.1, 0.15) is 0 Å². The monoisotopic (exact) mass is 416 g/mol. The summed E-state index contributed by atoms with van der Waals surface area (Å²) in [5, 5.41) is 0.663. The summed E-state index contributed by atoms with van der Waals surface area (Å²) in [5.74, 6) is -1.16. The third-order valence-electron chi connectivity index (χ3n) is 5.15. The van der Waals surface area contributed by atoms with E-state index in [-0.39, 0.29) is 17.1 Å². The first-order chi connectivity index (χ1) is 14.3.